The first-order valence-corrected chi connectivity index (χ1v) is 4.77. The third-order valence-electron chi connectivity index (χ3n) is 2.11. The molecule has 4 heteroatoms. The van der Waals surface area contributed by atoms with Gasteiger partial charge in [-0.1, -0.05) is 12.1 Å². The van der Waals surface area contributed by atoms with E-state index in [9.17, 15) is 9.90 Å². The van der Waals surface area contributed by atoms with Crippen LogP contribution < -0.4 is 9.84 Å². The number of benzene rings is 1. The second kappa shape index (κ2) is 4.31. The van der Waals surface area contributed by atoms with Crippen LogP contribution in [-0.2, 0) is 16.0 Å². The SMILES string of the molecule is O=C([O-])Cc1ccc(OCC2CO2)cc1. The molecule has 0 spiro atoms. The van der Waals surface area contributed by atoms with Gasteiger partial charge in [-0.05, 0) is 17.7 Å². The lowest BCUT2D eigenvalue weighted by Gasteiger charge is -2.06. The summed E-state index contributed by atoms with van der Waals surface area (Å²) in [5.41, 5.74) is 0.713. The highest BCUT2D eigenvalue weighted by atomic mass is 16.6. The summed E-state index contributed by atoms with van der Waals surface area (Å²) in [5.74, 6) is -0.345. The van der Waals surface area contributed by atoms with Gasteiger partial charge in [-0.25, -0.2) is 0 Å². The number of aliphatic carboxylic acids is 1. The van der Waals surface area contributed by atoms with E-state index in [1.54, 1.807) is 24.3 Å². The predicted molar refractivity (Wildman–Crippen MR) is 50.4 cm³/mol. The number of hydrogen-bond donors (Lipinski definition) is 0. The molecule has 4 nitrogen and oxygen atoms in total. The largest absolute Gasteiger partial charge is 0.550 e. The van der Waals surface area contributed by atoms with Crippen molar-refractivity contribution in [2.75, 3.05) is 13.2 Å². The summed E-state index contributed by atoms with van der Waals surface area (Å²) < 4.78 is 10.4. The summed E-state index contributed by atoms with van der Waals surface area (Å²) in [6.45, 7) is 1.32. The smallest absolute Gasteiger partial charge is 0.119 e. The maximum atomic E-state index is 10.3. The maximum Gasteiger partial charge on any atom is 0.119 e. The lowest BCUT2D eigenvalue weighted by molar-refractivity contribution is -0.304. The molecule has 2 rings (SSSR count). The molecular weight excluding hydrogens is 196 g/mol. The summed E-state index contributed by atoms with van der Waals surface area (Å²) >= 11 is 0. The summed E-state index contributed by atoms with van der Waals surface area (Å²) in [6, 6.07) is 6.94. The van der Waals surface area contributed by atoms with Gasteiger partial charge in [-0.2, -0.15) is 0 Å². The molecule has 0 N–H and O–H groups in total. The fourth-order valence-corrected chi connectivity index (χ4v) is 1.22. The standard InChI is InChI=1S/C11H12O4/c12-11(13)5-8-1-3-9(4-2-8)14-6-10-7-15-10/h1-4,10H,5-7H2,(H,12,13)/p-1. The molecule has 1 unspecified atom stereocenters. The van der Waals surface area contributed by atoms with Crippen LogP contribution in [0.15, 0.2) is 24.3 Å². The Bertz CT molecular complexity index is 340. The van der Waals surface area contributed by atoms with Crippen molar-refractivity contribution in [1.29, 1.82) is 0 Å². The Labute approximate surface area is 87.4 Å². The fourth-order valence-electron chi connectivity index (χ4n) is 1.22. The van der Waals surface area contributed by atoms with Gasteiger partial charge in [-0.15, -0.1) is 0 Å². The van der Waals surface area contributed by atoms with Gasteiger partial charge >= 0.3 is 0 Å². The van der Waals surface area contributed by atoms with Crippen molar-refractivity contribution in [3.05, 3.63) is 29.8 Å². The van der Waals surface area contributed by atoms with Gasteiger partial charge in [0, 0.05) is 12.4 Å². The fraction of sp³-hybridized carbons (Fsp3) is 0.364. The molecule has 1 fully saturated rings. The zero-order chi connectivity index (χ0) is 10.7. The summed E-state index contributed by atoms with van der Waals surface area (Å²) in [5, 5.41) is 10.3. The number of ether oxygens (including phenoxy) is 2. The number of carbonyl (C=O) groups excluding carboxylic acids is 1. The maximum absolute atomic E-state index is 10.3. The molecule has 1 atom stereocenters. The van der Waals surface area contributed by atoms with Gasteiger partial charge in [0.05, 0.1) is 6.61 Å². The predicted octanol–water partition coefficient (Wildman–Crippen LogP) is -0.243. The Morgan fingerprint density at radius 3 is 2.67 bits per heavy atom. The van der Waals surface area contributed by atoms with E-state index in [-0.39, 0.29) is 12.5 Å². The van der Waals surface area contributed by atoms with Crippen LogP contribution in [0.25, 0.3) is 0 Å². The van der Waals surface area contributed by atoms with Crippen molar-refractivity contribution in [1.82, 2.24) is 0 Å². The molecule has 1 aromatic carbocycles. The first-order valence-electron chi connectivity index (χ1n) is 4.77. The van der Waals surface area contributed by atoms with Gasteiger partial charge in [0.25, 0.3) is 0 Å². The van der Waals surface area contributed by atoms with E-state index in [2.05, 4.69) is 0 Å². The summed E-state index contributed by atoms with van der Waals surface area (Å²) in [6.07, 6.45) is 0.166. The molecule has 0 amide bonds. The molecule has 1 aliphatic rings. The van der Waals surface area contributed by atoms with Gasteiger partial charge in [0.1, 0.15) is 18.5 Å². The monoisotopic (exact) mass is 207 g/mol. The van der Waals surface area contributed by atoms with E-state index in [1.165, 1.54) is 0 Å². The zero-order valence-electron chi connectivity index (χ0n) is 8.14. The molecule has 15 heavy (non-hydrogen) atoms. The second-order valence-electron chi connectivity index (χ2n) is 3.46. The number of carbonyl (C=O) groups is 1. The molecule has 0 bridgehead atoms. The molecule has 0 saturated carbocycles. The lowest BCUT2D eigenvalue weighted by atomic mass is 10.1. The zero-order valence-corrected chi connectivity index (χ0v) is 8.14. The van der Waals surface area contributed by atoms with Crippen molar-refractivity contribution in [2.45, 2.75) is 12.5 Å². The van der Waals surface area contributed by atoms with Gasteiger partial charge in [0.15, 0.2) is 0 Å². The van der Waals surface area contributed by atoms with Crippen molar-refractivity contribution in [3.63, 3.8) is 0 Å². The van der Waals surface area contributed by atoms with Crippen molar-refractivity contribution < 1.29 is 19.4 Å². The van der Waals surface area contributed by atoms with E-state index in [0.29, 0.717) is 12.2 Å². The number of hydrogen-bond acceptors (Lipinski definition) is 4. The van der Waals surface area contributed by atoms with Crippen LogP contribution in [0.5, 0.6) is 5.75 Å². The van der Waals surface area contributed by atoms with Crippen LogP contribution in [0, 0.1) is 0 Å². The summed E-state index contributed by atoms with van der Waals surface area (Å²) in [7, 11) is 0. The molecule has 0 radical (unpaired) electrons. The Hall–Kier alpha value is -1.55. The molecule has 1 heterocycles. The summed E-state index contributed by atoms with van der Waals surface area (Å²) in [4.78, 5) is 10.3. The van der Waals surface area contributed by atoms with Crippen molar-refractivity contribution in [3.8, 4) is 5.75 Å². The molecule has 80 valence electrons. The van der Waals surface area contributed by atoms with E-state index in [4.69, 9.17) is 9.47 Å². The highest BCUT2D eigenvalue weighted by Gasteiger charge is 2.22. The average Bonchev–Trinajstić information content (AvgIpc) is 2.99. The Morgan fingerprint density at radius 2 is 2.13 bits per heavy atom. The van der Waals surface area contributed by atoms with Gasteiger partial charge < -0.3 is 19.4 Å². The number of rotatable bonds is 5. The average molecular weight is 207 g/mol. The topological polar surface area (TPSA) is 61.9 Å². The Kier molecular flexibility index (Phi) is 2.87. The highest BCUT2D eigenvalue weighted by molar-refractivity contribution is 5.67. The number of carboxylic acids is 1. The number of epoxide rings is 1. The van der Waals surface area contributed by atoms with E-state index in [0.717, 1.165) is 12.4 Å². The van der Waals surface area contributed by atoms with Crippen LogP contribution in [0.2, 0.25) is 0 Å². The van der Waals surface area contributed by atoms with Crippen LogP contribution in [-0.4, -0.2) is 25.3 Å². The quantitative estimate of drug-likeness (QED) is 0.625. The van der Waals surface area contributed by atoms with Crippen LogP contribution in [0.1, 0.15) is 5.56 Å². The van der Waals surface area contributed by atoms with Crippen molar-refractivity contribution >= 4 is 5.97 Å². The normalized spacial score (nSPS) is 18.5. The molecular formula is C11H11O4-. The first kappa shape index (κ1) is 9.98. The van der Waals surface area contributed by atoms with Crippen LogP contribution in [0.4, 0.5) is 0 Å². The minimum atomic E-state index is -1.07. The van der Waals surface area contributed by atoms with E-state index in [1.807, 2.05) is 0 Å². The van der Waals surface area contributed by atoms with E-state index >= 15 is 0 Å². The lowest BCUT2D eigenvalue weighted by Crippen LogP contribution is -2.24. The van der Waals surface area contributed by atoms with Gasteiger partial charge in [0.2, 0.25) is 0 Å². The molecule has 1 aromatic rings. The Morgan fingerprint density at radius 1 is 1.47 bits per heavy atom. The third-order valence-corrected chi connectivity index (χ3v) is 2.11. The van der Waals surface area contributed by atoms with E-state index < -0.39 is 5.97 Å². The second-order valence-corrected chi connectivity index (χ2v) is 3.46. The minimum Gasteiger partial charge on any atom is -0.550 e. The highest BCUT2D eigenvalue weighted by Crippen LogP contribution is 2.15. The van der Waals surface area contributed by atoms with Crippen molar-refractivity contribution in [2.24, 2.45) is 0 Å². The molecule has 1 aliphatic heterocycles. The number of carboxylic acid groups (broad SMARTS) is 1. The first-order chi connectivity index (χ1) is 7.24. The Balaban J connectivity index is 1.87. The molecule has 0 aromatic heterocycles. The van der Waals surface area contributed by atoms with Crippen LogP contribution in [0.3, 0.4) is 0 Å². The third kappa shape index (κ3) is 3.25. The molecule has 1 saturated heterocycles. The molecule has 0 aliphatic carbocycles. The van der Waals surface area contributed by atoms with Crippen LogP contribution >= 0.6 is 0 Å². The van der Waals surface area contributed by atoms with Gasteiger partial charge in [-0.3, -0.25) is 0 Å². The minimum absolute atomic E-state index is 0.0635.